The molecular weight excluding hydrogens is 222 g/mol. The van der Waals surface area contributed by atoms with Gasteiger partial charge in [0.25, 0.3) is 0 Å². The number of para-hydroxylation sites is 1. The summed E-state index contributed by atoms with van der Waals surface area (Å²) in [5, 5.41) is 0. The molecule has 98 valence electrons. The molecule has 2 aromatic rings. The number of hydrogen-bond donors (Lipinski definition) is 1. The maximum absolute atomic E-state index is 6.26. The third-order valence-electron chi connectivity index (χ3n) is 3.70. The zero-order chi connectivity index (χ0) is 13.5. The average molecular weight is 245 g/mol. The summed E-state index contributed by atoms with van der Waals surface area (Å²) in [5.41, 5.74) is 9.90. The van der Waals surface area contributed by atoms with Crippen LogP contribution >= 0.6 is 0 Å². The summed E-state index contributed by atoms with van der Waals surface area (Å²) in [6.45, 7) is 8.64. The van der Waals surface area contributed by atoms with Gasteiger partial charge in [0, 0.05) is 19.5 Å². The Bertz CT molecular complexity index is 561. The predicted molar refractivity (Wildman–Crippen MR) is 76.6 cm³/mol. The van der Waals surface area contributed by atoms with Crippen LogP contribution in [0.15, 0.2) is 18.2 Å². The van der Waals surface area contributed by atoms with Gasteiger partial charge in [-0.3, -0.25) is 0 Å². The Morgan fingerprint density at radius 2 is 2.00 bits per heavy atom. The molecule has 0 aliphatic carbocycles. The first-order valence-corrected chi connectivity index (χ1v) is 6.47. The quantitative estimate of drug-likeness (QED) is 0.884. The number of nitrogens with zero attached hydrogens (tertiary/aromatic N) is 2. The summed E-state index contributed by atoms with van der Waals surface area (Å²) in [6.07, 6.45) is 0.814. The van der Waals surface area contributed by atoms with Crippen LogP contribution in [0.25, 0.3) is 11.0 Å². The predicted octanol–water partition coefficient (Wildman–Crippen LogP) is 2.80. The Hall–Kier alpha value is -1.35. The van der Waals surface area contributed by atoms with E-state index in [4.69, 9.17) is 10.7 Å². The second-order valence-electron chi connectivity index (χ2n) is 6.21. The van der Waals surface area contributed by atoms with Gasteiger partial charge in [0.05, 0.1) is 11.0 Å². The summed E-state index contributed by atoms with van der Waals surface area (Å²) >= 11 is 0. The summed E-state index contributed by atoms with van der Waals surface area (Å²) in [6, 6.07) is 6.36. The number of aryl methyl sites for hydroxylation is 2. The van der Waals surface area contributed by atoms with E-state index in [1.807, 2.05) is 0 Å². The second-order valence-corrected chi connectivity index (χ2v) is 6.21. The Labute approximate surface area is 109 Å². The van der Waals surface area contributed by atoms with Crippen LogP contribution in [-0.4, -0.2) is 15.6 Å². The standard InChI is InChI=1S/C15H23N3/c1-10-7-6-8-11-14(10)18(5)13(17-11)9-12(16)15(2,3)4/h6-8,12H,9,16H2,1-5H3. The monoisotopic (exact) mass is 245 g/mol. The molecule has 0 fully saturated rings. The molecule has 0 bridgehead atoms. The molecule has 2 rings (SSSR count). The van der Waals surface area contributed by atoms with Gasteiger partial charge < -0.3 is 10.3 Å². The fourth-order valence-electron chi connectivity index (χ4n) is 2.20. The van der Waals surface area contributed by atoms with Gasteiger partial charge in [-0.15, -0.1) is 0 Å². The van der Waals surface area contributed by atoms with E-state index in [0.29, 0.717) is 0 Å². The highest BCUT2D eigenvalue weighted by Crippen LogP contribution is 2.23. The highest BCUT2D eigenvalue weighted by Gasteiger charge is 2.23. The van der Waals surface area contributed by atoms with E-state index in [1.54, 1.807) is 0 Å². The van der Waals surface area contributed by atoms with Crippen molar-refractivity contribution in [2.45, 2.75) is 40.2 Å². The average Bonchev–Trinajstić information content (AvgIpc) is 2.56. The van der Waals surface area contributed by atoms with Crippen molar-refractivity contribution in [1.82, 2.24) is 9.55 Å². The molecule has 0 aliphatic rings. The van der Waals surface area contributed by atoms with Crippen LogP contribution in [0.4, 0.5) is 0 Å². The van der Waals surface area contributed by atoms with E-state index in [-0.39, 0.29) is 11.5 Å². The SMILES string of the molecule is Cc1cccc2nc(CC(N)C(C)(C)C)n(C)c12. The molecule has 3 heteroatoms. The first-order valence-electron chi connectivity index (χ1n) is 6.47. The van der Waals surface area contributed by atoms with Gasteiger partial charge in [0.15, 0.2) is 0 Å². The lowest BCUT2D eigenvalue weighted by Gasteiger charge is -2.26. The van der Waals surface area contributed by atoms with E-state index >= 15 is 0 Å². The lowest BCUT2D eigenvalue weighted by Crippen LogP contribution is -2.37. The maximum atomic E-state index is 6.26. The number of nitrogens with two attached hydrogens (primary N) is 1. The summed E-state index contributed by atoms with van der Waals surface area (Å²) in [5.74, 6) is 1.07. The zero-order valence-electron chi connectivity index (χ0n) is 12.0. The van der Waals surface area contributed by atoms with Crippen molar-refractivity contribution < 1.29 is 0 Å². The Morgan fingerprint density at radius 1 is 1.33 bits per heavy atom. The van der Waals surface area contributed by atoms with Gasteiger partial charge in [-0.25, -0.2) is 4.98 Å². The first-order chi connectivity index (χ1) is 8.30. The molecule has 0 amide bonds. The molecule has 3 nitrogen and oxygen atoms in total. The first kappa shape index (κ1) is 13.1. The van der Waals surface area contributed by atoms with Gasteiger partial charge in [-0.1, -0.05) is 32.9 Å². The third kappa shape index (κ3) is 2.27. The molecule has 0 spiro atoms. The van der Waals surface area contributed by atoms with Crippen LogP contribution in [0.3, 0.4) is 0 Å². The molecular formula is C15H23N3. The largest absolute Gasteiger partial charge is 0.331 e. The Balaban J connectivity index is 2.41. The number of benzene rings is 1. The molecule has 18 heavy (non-hydrogen) atoms. The lowest BCUT2D eigenvalue weighted by molar-refractivity contribution is 0.313. The smallest absolute Gasteiger partial charge is 0.111 e. The molecule has 1 heterocycles. The number of fused-ring (bicyclic) bond motifs is 1. The molecule has 2 N–H and O–H groups in total. The Kier molecular flexibility index (Phi) is 3.20. The molecule has 1 atom stereocenters. The van der Waals surface area contributed by atoms with Gasteiger partial charge in [0.2, 0.25) is 0 Å². The van der Waals surface area contributed by atoms with Crippen LogP contribution in [-0.2, 0) is 13.5 Å². The lowest BCUT2D eigenvalue weighted by atomic mass is 9.85. The molecule has 1 unspecified atom stereocenters. The van der Waals surface area contributed by atoms with Crippen molar-refractivity contribution in [3.63, 3.8) is 0 Å². The van der Waals surface area contributed by atoms with Crippen molar-refractivity contribution in [3.8, 4) is 0 Å². The molecule has 0 saturated heterocycles. The second kappa shape index (κ2) is 4.39. The maximum Gasteiger partial charge on any atom is 0.111 e. The minimum absolute atomic E-state index is 0.104. The van der Waals surface area contributed by atoms with E-state index < -0.39 is 0 Å². The van der Waals surface area contributed by atoms with Crippen molar-refractivity contribution >= 4 is 11.0 Å². The number of imidazole rings is 1. The van der Waals surface area contributed by atoms with Crippen LogP contribution in [0.1, 0.15) is 32.2 Å². The van der Waals surface area contributed by atoms with E-state index in [9.17, 15) is 0 Å². The van der Waals surface area contributed by atoms with E-state index in [0.717, 1.165) is 17.8 Å². The highest BCUT2D eigenvalue weighted by molar-refractivity contribution is 5.79. The van der Waals surface area contributed by atoms with Crippen molar-refractivity contribution in [2.75, 3.05) is 0 Å². The highest BCUT2D eigenvalue weighted by atomic mass is 15.1. The van der Waals surface area contributed by atoms with E-state index in [2.05, 4.69) is 57.5 Å². The molecule has 1 aromatic carbocycles. The van der Waals surface area contributed by atoms with Gasteiger partial charge in [0.1, 0.15) is 5.82 Å². The molecule has 0 radical (unpaired) electrons. The molecule has 0 saturated carbocycles. The van der Waals surface area contributed by atoms with Crippen LogP contribution in [0.5, 0.6) is 0 Å². The summed E-state index contributed by atoms with van der Waals surface area (Å²) in [4.78, 5) is 4.71. The molecule has 1 aromatic heterocycles. The third-order valence-corrected chi connectivity index (χ3v) is 3.70. The summed E-state index contributed by atoms with van der Waals surface area (Å²) in [7, 11) is 2.08. The minimum atomic E-state index is 0.104. The van der Waals surface area contributed by atoms with Crippen LogP contribution < -0.4 is 5.73 Å². The van der Waals surface area contributed by atoms with Crippen molar-refractivity contribution in [1.29, 1.82) is 0 Å². The van der Waals surface area contributed by atoms with Crippen molar-refractivity contribution in [3.05, 3.63) is 29.6 Å². The fourth-order valence-corrected chi connectivity index (χ4v) is 2.20. The fraction of sp³-hybridized carbons (Fsp3) is 0.533. The number of hydrogen-bond acceptors (Lipinski definition) is 2. The number of aromatic nitrogens is 2. The molecule has 0 aliphatic heterocycles. The normalized spacial score (nSPS) is 14.1. The van der Waals surface area contributed by atoms with Gasteiger partial charge in [-0.05, 0) is 24.0 Å². The Morgan fingerprint density at radius 3 is 2.56 bits per heavy atom. The summed E-state index contributed by atoms with van der Waals surface area (Å²) < 4.78 is 2.18. The van der Waals surface area contributed by atoms with Gasteiger partial charge >= 0.3 is 0 Å². The van der Waals surface area contributed by atoms with Gasteiger partial charge in [-0.2, -0.15) is 0 Å². The van der Waals surface area contributed by atoms with Crippen molar-refractivity contribution in [2.24, 2.45) is 18.2 Å². The zero-order valence-corrected chi connectivity index (χ0v) is 12.0. The topological polar surface area (TPSA) is 43.8 Å². The van der Waals surface area contributed by atoms with Crippen LogP contribution in [0.2, 0.25) is 0 Å². The van der Waals surface area contributed by atoms with Crippen LogP contribution in [0, 0.1) is 12.3 Å². The van der Waals surface area contributed by atoms with E-state index in [1.165, 1.54) is 11.1 Å². The number of rotatable bonds is 2. The minimum Gasteiger partial charge on any atom is -0.331 e.